The van der Waals surface area contributed by atoms with Crippen LogP contribution < -0.4 is 11.1 Å². The molecule has 2 heterocycles. The second kappa shape index (κ2) is 4.10. The maximum atomic E-state index is 10.9. The van der Waals surface area contributed by atoms with Crippen molar-refractivity contribution in [2.45, 2.75) is 0 Å². The van der Waals surface area contributed by atoms with Crippen LogP contribution in [0.2, 0.25) is 0 Å². The van der Waals surface area contributed by atoms with E-state index in [1.54, 1.807) is 12.3 Å². The van der Waals surface area contributed by atoms with Gasteiger partial charge in [0.05, 0.1) is 0 Å². The standard InChI is InChI=1S/C10H11N3O2/c1-11-4-2-3-7-5-8-9(12-6-7)13-10(14)15-8/h2-3,5-6,11H,4H2,1H3,(H,12,13,14). The van der Waals surface area contributed by atoms with Crippen molar-refractivity contribution < 1.29 is 4.42 Å². The van der Waals surface area contributed by atoms with Crippen LogP contribution in [0.15, 0.2) is 27.6 Å². The van der Waals surface area contributed by atoms with E-state index in [1.165, 1.54) is 0 Å². The van der Waals surface area contributed by atoms with Gasteiger partial charge in [-0.3, -0.25) is 4.98 Å². The molecule has 0 amide bonds. The zero-order chi connectivity index (χ0) is 10.7. The Kier molecular flexibility index (Phi) is 2.64. The largest absolute Gasteiger partial charge is 0.418 e. The highest BCUT2D eigenvalue weighted by atomic mass is 16.4. The number of hydrogen-bond acceptors (Lipinski definition) is 4. The van der Waals surface area contributed by atoms with E-state index in [0.29, 0.717) is 11.2 Å². The average molecular weight is 205 g/mol. The number of pyridine rings is 1. The number of H-pyrrole nitrogens is 1. The summed E-state index contributed by atoms with van der Waals surface area (Å²) in [7, 11) is 1.87. The van der Waals surface area contributed by atoms with Gasteiger partial charge in [0.2, 0.25) is 0 Å². The third kappa shape index (κ3) is 2.13. The van der Waals surface area contributed by atoms with Crippen molar-refractivity contribution in [3.05, 3.63) is 34.5 Å². The topological polar surface area (TPSA) is 70.9 Å². The molecule has 0 aliphatic rings. The lowest BCUT2D eigenvalue weighted by atomic mass is 10.2. The fourth-order valence-corrected chi connectivity index (χ4v) is 1.26. The summed E-state index contributed by atoms with van der Waals surface area (Å²) in [6.07, 6.45) is 5.56. The van der Waals surface area contributed by atoms with Crippen LogP contribution in [0.3, 0.4) is 0 Å². The molecular weight excluding hydrogens is 194 g/mol. The first-order valence-corrected chi connectivity index (χ1v) is 4.59. The molecule has 0 spiro atoms. The van der Waals surface area contributed by atoms with E-state index in [2.05, 4.69) is 15.3 Å². The molecule has 2 rings (SSSR count). The van der Waals surface area contributed by atoms with Gasteiger partial charge in [0.15, 0.2) is 11.2 Å². The molecule has 0 aliphatic heterocycles. The summed E-state index contributed by atoms with van der Waals surface area (Å²) in [4.78, 5) is 17.4. The molecule has 0 unspecified atom stereocenters. The molecule has 0 fully saturated rings. The molecule has 2 N–H and O–H groups in total. The van der Waals surface area contributed by atoms with Crippen molar-refractivity contribution in [3.63, 3.8) is 0 Å². The van der Waals surface area contributed by atoms with Gasteiger partial charge in [-0.05, 0) is 18.7 Å². The normalized spacial score (nSPS) is 11.5. The Morgan fingerprint density at radius 2 is 2.53 bits per heavy atom. The van der Waals surface area contributed by atoms with Gasteiger partial charge in [-0.1, -0.05) is 12.2 Å². The smallest absolute Gasteiger partial charge is 0.406 e. The molecule has 78 valence electrons. The number of nitrogens with zero attached hydrogens (tertiary/aromatic N) is 1. The number of aromatic nitrogens is 2. The van der Waals surface area contributed by atoms with E-state index >= 15 is 0 Å². The Bertz CT molecular complexity index is 539. The second-order valence-electron chi connectivity index (χ2n) is 3.09. The Labute approximate surface area is 85.8 Å². The van der Waals surface area contributed by atoms with E-state index in [0.717, 1.165) is 12.1 Å². The number of nitrogens with one attached hydrogen (secondary N) is 2. The summed E-state index contributed by atoms with van der Waals surface area (Å²) in [5.41, 5.74) is 1.86. The highest BCUT2D eigenvalue weighted by Crippen LogP contribution is 2.09. The van der Waals surface area contributed by atoms with Crippen LogP contribution in [0.4, 0.5) is 0 Å². The van der Waals surface area contributed by atoms with Crippen LogP contribution in [0.1, 0.15) is 5.56 Å². The zero-order valence-corrected chi connectivity index (χ0v) is 8.28. The SMILES string of the molecule is CNCC=Cc1cnc2[nH]c(=O)oc2c1. The first kappa shape index (κ1) is 9.67. The van der Waals surface area contributed by atoms with Crippen LogP contribution >= 0.6 is 0 Å². The van der Waals surface area contributed by atoms with E-state index in [-0.39, 0.29) is 0 Å². The summed E-state index contributed by atoms with van der Waals surface area (Å²) in [5, 5.41) is 2.99. The lowest BCUT2D eigenvalue weighted by Crippen LogP contribution is -2.03. The highest BCUT2D eigenvalue weighted by Gasteiger charge is 2.01. The molecule has 0 radical (unpaired) electrons. The monoisotopic (exact) mass is 205 g/mol. The summed E-state index contributed by atoms with van der Waals surface area (Å²) >= 11 is 0. The van der Waals surface area contributed by atoms with Crippen LogP contribution in [-0.2, 0) is 0 Å². The molecule has 2 aromatic rings. The van der Waals surface area contributed by atoms with E-state index < -0.39 is 5.76 Å². The van der Waals surface area contributed by atoms with Gasteiger partial charge < -0.3 is 9.73 Å². The summed E-state index contributed by atoms with van der Waals surface area (Å²) < 4.78 is 4.89. The highest BCUT2D eigenvalue weighted by molar-refractivity contribution is 5.70. The molecular formula is C10H11N3O2. The first-order chi connectivity index (χ1) is 7.29. The fourth-order valence-electron chi connectivity index (χ4n) is 1.26. The second-order valence-corrected chi connectivity index (χ2v) is 3.09. The van der Waals surface area contributed by atoms with Crippen molar-refractivity contribution in [3.8, 4) is 0 Å². The van der Waals surface area contributed by atoms with Crippen LogP contribution in [-0.4, -0.2) is 23.6 Å². The van der Waals surface area contributed by atoms with Crippen LogP contribution in [0.5, 0.6) is 0 Å². The van der Waals surface area contributed by atoms with E-state index in [4.69, 9.17) is 4.42 Å². The first-order valence-electron chi connectivity index (χ1n) is 4.59. The molecule has 0 atom stereocenters. The minimum Gasteiger partial charge on any atom is -0.406 e. The molecule has 2 aromatic heterocycles. The fraction of sp³-hybridized carbons (Fsp3) is 0.200. The van der Waals surface area contributed by atoms with Crippen LogP contribution in [0, 0.1) is 0 Å². The Morgan fingerprint density at radius 3 is 3.33 bits per heavy atom. The van der Waals surface area contributed by atoms with Crippen LogP contribution in [0.25, 0.3) is 17.3 Å². The van der Waals surface area contributed by atoms with Crippen molar-refractivity contribution in [1.29, 1.82) is 0 Å². The van der Waals surface area contributed by atoms with Crippen molar-refractivity contribution in [2.75, 3.05) is 13.6 Å². The van der Waals surface area contributed by atoms with Gasteiger partial charge in [0.25, 0.3) is 0 Å². The number of fused-ring (bicyclic) bond motifs is 1. The molecule has 0 saturated carbocycles. The zero-order valence-electron chi connectivity index (χ0n) is 8.28. The molecule has 15 heavy (non-hydrogen) atoms. The minimum atomic E-state index is -0.478. The predicted octanol–water partition coefficient (Wildman–Crippen LogP) is 0.749. The van der Waals surface area contributed by atoms with Gasteiger partial charge in [-0.25, -0.2) is 9.78 Å². The maximum absolute atomic E-state index is 10.9. The third-order valence-electron chi connectivity index (χ3n) is 1.93. The van der Waals surface area contributed by atoms with E-state index in [9.17, 15) is 4.79 Å². The predicted molar refractivity (Wildman–Crippen MR) is 57.6 cm³/mol. The summed E-state index contributed by atoms with van der Waals surface area (Å²) in [6.45, 7) is 0.787. The lowest BCUT2D eigenvalue weighted by molar-refractivity contribution is 0.555. The van der Waals surface area contributed by atoms with E-state index in [1.807, 2.05) is 19.2 Å². The van der Waals surface area contributed by atoms with Gasteiger partial charge in [-0.15, -0.1) is 0 Å². The van der Waals surface area contributed by atoms with Gasteiger partial charge >= 0.3 is 5.76 Å². The Hall–Kier alpha value is -1.88. The summed E-state index contributed by atoms with van der Waals surface area (Å²) in [6, 6.07) is 1.77. The Balaban J connectivity index is 2.34. The number of rotatable bonds is 3. The summed E-state index contributed by atoms with van der Waals surface area (Å²) in [5.74, 6) is -0.478. The lowest BCUT2D eigenvalue weighted by Gasteiger charge is -1.92. The minimum absolute atomic E-state index is 0.478. The van der Waals surface area contributed by atoms with Crippen molar-refractivity contribution in [2.24, 2.45) is 0 Å². The van der Waals surface area contributed by atoms with Crippen molar-refractivity contribution in [1.82, 2.24) is 15.3 Å². The van der Waals surface area contributed by atoms with Gasteiger partial charge in [0, 0.05) is 12.7 Å². The van der Waals surface area contributed by atoms with Gasteiger partial charge in [0.1, 0.15) is 0 Å². The Morgan fingerprint density at radius 1 is 1.67 bits per heavy atom. The molecule has 0 bridgehead atoms. The molecule has 0 aliphatic carbocycles. The number of aromatic amines is 1. The molecule has 0 aromatic carbocycles. The average Bonchev–Trinajstić information content (AvgIpc) is 2.57. The molecule has 5 nitrogen and oxygen atoms in total. The molecule has 0 saturated heterocycles. The third-order valence-corrected chi connectivity index (χ3v) is 1.93. The number of oxazole rings is 1. The molecule has 5 heteroatoms. The quantitative estimate of drug-likeness (QED) is 0.775. The van der Waals surface area contributed by atoms with Gasteiger partial charge in [-0.2, -0.15) is 0 Å². The number of hydrogen-bond donors (Lipinski definition) is 2. The number of likely N-dealkylation sites (N-methyl/N-ethyl adjacent to an activating group) is 1. The van der Waals surface area contributed by atoms with Crippen molar-refractivity contribution >= 4 is 17.3 Å². The maximum Gasteiger partial charge on any atom is 0.418 e.